The van der Waals surface area contributed by atoms with Crippen molar-refractivity contribution in [3.8, 4) is 0 Å². The molecule has 20 heavy (non-hydrogen) atoms. The first-order valence-corrected chi connectivity index (χ1v) is 8.80. The Balaban J connectivity index is 2.09. The third-order valence-corrected chi connectivity index (χ3v) is 5.33. The zero-order chi connectivity index (χ0) is 14.4. The number of anilines is 1. The van der Waals surface area contributed by atoms with E-state index in [1.165, 1.54) is 36.3 Å². The van der Waals surface area contributed by atoms with Crippen molar-refractivity contribution in [1.82, 2.24) is 0 Å². The number of nitrogens with one attached hydrogen (secondary N) is 1. The number of para-hydroxylation sites is 1. The van der Waals surface area contributed by atoms with E-state index in [9.17, 15) is 0 Å². The van der Waals surface area contributed by atoms with Gasteiger partial charge in [0, 0.05) is 22.4 Å². The van der Waals surface area contributed by atoms with Gasteiger partial charge in [0.1, 0.15) is 0 Å². The fourth-order valence-corrected chi connectivity index (χ4v) is 3.95. The van der Waals surface area contributed by atoms with E-state index in [-0.39, 0.29) is 0 Å². The van der Waals surface area contributed by atoms with Crippen LogP contribution in [0.5, 0.6) is 0 Å². The van der Waals surface area contributed by atoms with Gasteiger partial charge >= 0.3 is 0 Å². The molecule has 0 aliphatic heterocycles. The van der Waals surface area contributed by atoms with Crippen LogP contribution in [0, 0.1) is 11.8 Å². The molecule has 1 aromatic rings. The van der Waals surface area contributed by atoms with Gasteiger partial charge in [-0.2, -0.15) is 0 Å². The molecule has 0 radical (unpaired) electrons. The smallest absolute Gasteiger partial charge is 0.0480 e. The first-order chi connectivity index (χ1) is 9.72. The zero-order valence-electron chi connectivity index (χ0n) is 12.8. The van der Waals surface area contributed by atoms with Crippen LogP contribution in [0.2, 0.25) is 0 Å². The molecule has 0 aromatic heterocycles. The third-order valence-electron chi connectivity index (χ3n) is 4.26. The van der Waals surface area contributed by atoms with Crippen molar-refractivity contribution >= 4 is 17.4 Å². The highest BCUT2D eigenvalue weighted by Gasteiger charge is 2.27. The lowest BCUT2D eigenvalue weighted by atomic mass is 9.78. The molecular weight excluding hydrogens is 262 g/mol. The van der Waals surface area contributed by atoms with Gasteiger partial charge < -0.3 is 5.32 Å². The summed E-state index contributed by atoms with van der Waals surface area (Å²) < 4.78 is 0. The summed E-state index contributed by atoms with van der Waals surface area (Å²) in [5.74, 6) is 2.54. The highest BCUT2D eigenvalue weighted by atomic mass is 32.2. The summed E-state index contributed by atoms with van der Waals surface area (Å²) in [7, 11) is 0. The lowest BCUT2D eigenvalue weighted by molar-refractivity contribution is 0.253. The van der Waals surface area contributed by atoms with Gasteiger partial charge in [-0.3, -0.25) is 0 Å². The van der Waals surface area contributed by atoms with Crippen molar-refractivity contribution in [3.63, 3.8) is 0 Å². The molecule has 1 nitrogen and oxygen atoms in total. The Bertz CT molecular complexity index is 427. The molecule has 1 N–H and O–H groups in total. The van der Waals surface area contributed by atoms with Crippen LogP contribution < -0.4 is 5.32 Å². The van der Waals surface area contributed by atoms with Crippen molar-refractivity contribution in [2.45, 2.75) is 50.5 Å². The number of rotatable bonds is 6. The van der Waals surface area contributed by atoms with Crippen molar-refractivity contribution in [1.29, 1.82) is 0 Å². The Morgan fingerprint density at radius 3 is 2.80 bits per heavy atom. The third kappa shape index (κ3) is 4.05. The van der Waals surface area contributed by atoms with Crippen LogP contribution in [0.15, 0.2) is 41.8 Å². The molecule has 0 spiro atoms. The van der Waals surface area contributed by atoms with Crippen molar-refractivity contribution < 1.29 is 0 Å². The monoisotopic (exact) mass is 289 g/mol. The predicted octanol–water partition coefficient (Wildman–Crippen LogP) is 5.59. The summed E-state index contributed by atoms with van der Waals surface area (Å²) >= 11 is 1.86. The van der Waals surface area contributed by atoms with E-state index in [1.807, 2.05) is 17.8 Å². The molecule has 110 valence electrons. The molecule has 1 saturated carbocycles. The first kappa shape index (κ1) is 15.5. The lowest BCUT2D eigenvalue weighted by Crippen LogP contribution is -2.35. The fourth-order valence-electron chi connectivity index (χ4n) is 3.20. The zero-order valence-corrected chi connectivity index (χ0v) is 13.6. The average Bonchev–Trinajstić information content (AvgIpc) is 2.47. The van der Waals surface area contributed by atoms with Crippen LogP contribution in [0.25, 0.3) is 0 Å². The number of thioether (sulfide) groups is 1. The minimum absolute atomic E-state index is 0.634. The van der Waals surface area contributed by atoms with Gasteiger partial charge in [0.25, 0.3) is 0 Å². The lowest BCUT2D eigenvalue weighted by Gasteiger charge is -2.36. The molecule has 1 aliphatic rings. The Hall–Kier alpha value is -0.890. The van der Waals surface area contributed by atoms with Gasteiger partial charge in [0.05, 0.1) is 0 Å². The van der Waals surface area contributed by atoms with E-state index in [4.69, 9.17) is 0 Å². The van der Waals surface area contributed by atoms with E-state index in [2.05, 4.69) is 50.0 Å². The fraction of sp³-hybridized carbons (Fsp3) is 0.556. The molecule has 0 bridgehead atoms. The minimum Gasteiger partial charge on any atom is -0.381 e. The van der Waals surface area contributed by atoms with Gasteiger partial charge in [0.15, 0.2) is 0 Å². The largest absolute Gasteiger partial charge is 0.381 e. The SMILES string of the molecule is C=CCSc1ccccc1NC1CCCCC1C(C)C. The van der Waals surface area contributed by atoms with E-state index in [0.717, 1.165) is 17.6 Å². The van der Waals surface area contributed by atoms with Gasteiger partial charge in [-0.05, 0) is 36.8 Å². The van der Waals surface area contributed by atoms with Crippen molar-refractivity contribution in [2.75, 3.05) is 11.1 Å². The second-order valence-corrected chi connectivity index (χ2v) is 7.10. The molecule has 1 fully saturated rings. The topological polar surface area (TPSA) is 12.0 Å². The molecule has 1 aromatic carbocycles. The summed E-state index contributed by atoms with van der Waals surface area (Å²) in [4.78, 5) is 1.35. The van der Waals surface area contributed by atoms with E-state index in [1.54, 1.807) is 0 Å². The Morgan fingerprint density at radius 1 is 1.30 bits per heavy atom. The number of benzene rings is 1. The summed E-state index contributed by atoms with van der Waals surface area (Å²) in [6.07, 6.45) is 7.41. The molecule has 1 aliphatic carbocycles. The van der Waals surface area contributed by atoms with Crippen LogP contribution in [0.3, 0.4) is 0 Å². The summed E-state index contributed by atoms with van der Waals surface area (Å²) in [6.45, 7) is 8.54. The molecule has 0 saturated heterocycles. The van der Waals surface area contributed by atoms with Crippen molar-refractivity contribution in [2.24, 2.45) is 11.8 Å². The molecule has 0 heterocycles. The van der Waals surface area contributed by atoms with Crippen molar-refractivity contribution in [3.05, 3.63) is 36.9 Å². The molecule has 0 amide bonds. The standard InChI is InChI=1S/C18H27NS/c1-4-13-20-18-12-8-7-11-17(18)19-16-10-6-5-9-15(16)14(2)3/h4,7-8,11-12,14-16,19H,1,5-6,9-10,13H2,2-3H3. The van der Waals surface area contributed by atoms with E-state index >= 15 is 0 Å². The first-order valence-electron chi connectivity index (χ1n) is 7.81. The van der Waals surface area contributed by atoms with Crippen LogP contribution in [-0.2, 0) is 0 Å². The van der Waals surface area contributed by atoms with E-state index in [0.29, 0.717) is 6.04 Å². The maximum absolute atomic E-state index is 3.83. The Labute approximate surface area is 128 Å². The highest BCUT2D eigenvalue weighted by Crippen LogP contribution is 2.35. The summed E-state index contributed by atoms with van der Waals surface area (Å²) in [5, 5.41) is 3.83. The van der Waals surface area contributed by atoms with Crippen LogP contribution in [-0.4, -0.2) is 11.8 Å². The van der Waals surface area contributed by atoms with Gasteiger partial charge in [-0.1, -0.05) is 44.9 Å². The van der Waals surface area contributed by atoms with Gasteiger partial charge in [0.2, 0.25) is 0 Å². The predicted molar refractivity (Wildman–Crippen MR) is 91.6 cm³/mol. The number of hydrogen-bond acceptors (Lipinski definition) is 2. The molecule has 2 rings (SSSR count). The molecule has 2 heteroatoms. The minimum atomic E-state index is 0.634. The quantitative estimate of drug-likeness (QED) is 0.541. The molecular formula is C18H27NS. The van der Waals surface area contributed by atoms with Crippen LogP contribution in [0.4, 0.5) is 5.69 Å². The van der Waals surface area contributed by atoms with Gasteiger partial charge in [-0.25, -0.2) is 0 Å². The Morgan fingerprint density at radius 2 is 2.05 bits per heavy atom. The maximum Gasteiger partial charge on any atom is 0.0480 e. The molecule has 2 atom stereocenters. The van der Waals surface area contributed by atoms with Crippen LogP contribution >= 0.6 is 11.8 Å². The molecule has 2 unspecified atom stereocenters. The highest BCUT2D eigenvalue weighted by molar-refractivity contribution is 7.99. The van der Waals surface area contributed by atoms with Crippen LogP contribution in [0.1, 0.15) is 39.5 Å². The summed E-state index contributed by atoms with van der Waals surface area (Å²) in [6, 6.07) is 9.32. The second kappa shape index (κ2) is 7.78. The second-order valence-electron chi connectivity index (χ2n) is 6.04. The summed E-state index contributed by atoms with van der Waals surface area (Å²) in [5.41, 5.74) is 1.30. The maximum atomic E-state index is 3.83. The Kier molecular flexibility index (Phi) is 6.03. The number of hydrogen-bond donors (Lipinski definition) is 1. The van der Waals surface area contributed by atoms with Gasteiger partial charge in [-0.15, -0.1) is 18.3 Å². The van der Waals surface area contributed by atoms with E-state index < -0.39 is 0 Å². The average molecular weight is 289 g/mol. The normalized spacial score (nSPS) is 22.8.